The van der Waals surface area contributed by atoms with Crippen molar-refractivity contribution in [1.82, 2.24) is 29.9 Å². The predicted molar refractivity (Wildman–Crippen MR) is 81.2 cm³/mol. The number of rotatable bonds is 7. The van der Waals surface area contributed by atoms with Crippen molar-refractivity contribution in [2.75, 3.05) is 23.7 Å². The maximum Gasteiger partial charge on any atom is 0.226 e. The second-order valence-electron chi connectivity index (χ2n) is 4.65. The lowest BCUT2D eigenvalue weighted by Crippen LogP contribution is -2.13. The van der Waals surface area contributed by atoms with E-state index in [2.05, 4.69) is 42.8 Å². The smallest absolute Gasteiger partial charge is 0.226 e. The van der Waals surface area contributed by atoms with Crippen molar-refractivity contribution in [1.29, 1.82) is 0 Å². The molecule has 3 aromatic heterocycles. The lowest BCUT2D eigenvalue weighted by Gasteiger charge is -2.09. The molecular formula is C13H18N8. The van der Waals surface area contributed by atoms with Gasteiger partial charge in [0.15, 0.2) is 5.65 Å². The van der Waals surface area contributed by atoms with Crippen molar-refractivity contribution < 1.29 is 0 Å². The Balaban J connectivity index is 1.74. The lowest BCUT2D eigenvalue weighted by atomic mass is 10.4. The van der Waals surface area contributed by atoms with Gasteiger partial charge < -0.3 is 10.6 Å². The summed E-state index contributed by atoms with van der Waals surface area (Å²) < 4.78 is 1.87. The minimum Gasteiger partial charge on any atom is -0.367 e. The van der Waals surface area contributed by atoms with E-state index in [1.165, 1.54) is 0 Å². The molecule has 0 aliphatic carbocycles. The molecule has 0 radical (unpaired) electrons. The Bertz CT molecular complexity index is 687. The number of hydrogen-bond donors (Lipinski definition) is 3. The zero-order valence-electron chi connectivity index (χ0n) is 11.9. The van der Waals surface area contributed by atoms with Gasteiger partial charge in [0.2, 0.25) is 5.95 Å². The van der Waals surface area contributed by atoms with Crippen LogP contribution in [0, 0.1) is 0 Å². The summed E-state index contributed by atoms with van der Waals surface area (Å²) in [5.74, 6) is 1.38. The van der Waals surface area contributed by atoms with Crippen molar-refractivity contribution in [3.63, 3.8) is 0 Å². The molecule has 0 atom stereocenters. The molecule has 3 N–H and O–H groups in total. The maximum atomic E-state index is 4.51. The highest BCUT2D eigenvalue weighted by Gasteiger charge is 2.08. The van der Waals surface area contributed by atoms with Gasteiger partial charge in [-0.2, -0.15) is 20.2 Å². The van der Waals surface area contributed by atoms with Crippen LogP contribution in [0.1, 0.15) is 13.3 Å². The highest BCUT2D eigenvalue weighted by atomic mass is 15.3. The van der Waals surface area contributed by atoms with E-state index in [9.17, 15) is 0 Å². The molecule has 0 aromatic carbocycles. The molecule has 0 unspecified atom stereocenters. The molecule has 3 rings (SSSR count). The molecule has 0 saturated carbocycles. The third-order valence-electron chi connectivity index (χ3n) is 3.04. The Labute approximate surface area is 122 Å². The summed E-state index contributed by atoms with van der Waals surface area (Å²) in [5, 5.41) is 18.5. The van der Waals surface area contributed by atoms with Gasteiger partial charge in [0.05, 0.1) is 18.1 Å². The first kappa shape index (κ1) is 13.3. The van der Waals surface area contributed by atoms with Crippen molar-refractivity contribution >= 4 is 22.8 Å². The molecule has 8 heteroatoms. The first-order chi connectivity index (χ1) is 10.4. The van der Waals surface area contributed by atoms with Gasteiger partial charge in [0.1, 0.15) is 5.82 Å². The average molecular weight is 286 g/mol. The third kappa shape index (κ3) is 3.10. The number of nitrogens with one attached hydrogen (secondary N) is 3. The van der Waals surface area contributed by atoms with Crippen LogP contribution in [0.15, 0.2) is 24.7 Å². The Hall–Kier alpha value is -2.64. The van der Waals surface area contributed by atoms with Gasteiger partial charge in [0.25, 0.3) is 0 Å². The zero-order chi connectivity index (χ0) is 14.5. The average Bonchev–Trinajstić information content (AvgIpc) is 3.15. The van der Waals surface area contributed by atoms with Crippen LogP contribution in [0.5, 0.6) is 0 Å². The van der Waals surface area contributed by atoms with E-state index in [-0.39, 0.29) is 0 Å². The van der Waals surface area contributed by atoms with Gasteiger partial charge in [0, 0.05) is 25.5 Å². The first-order valence-electron chi connectivity index (χ1n) is 7.03. The van der Waals surface area contributed by atoms with Crippen LogP contribution in [-0.2, 0) is 6.54 Å². The number of hydrogen-bond acceptors (Lipinski definition) is 6. The van der Waals surface area contributed by atoms with Gasteiger partial charge in [-0.3, -0.25) is 9.78 Å². The van der Waals surface area contributed by atoms with Crippen LogP contribution < -0.4 is 10.6 Å². The molecule has 3 heterocycles. The van der Waals surface area contributed by atoms with Crippen LogP contribution in [-0.4, -0.2) is 43.0 Å². The van der Waals surface area contributed by atoms with E-state index in [1.54, 1.807) is 12.4 Å². The maximum absolute atomic E-state index is 4.51. The van der Waals surface area contributed by atoms with Gasteiger partial charge in [-0.1, -0.05) is 6.92 Å². The SMILES string of the molecule is CCCNc1nc(NCCn2cccn2)c2cn[nH]c2n1. The van der Waals surface area contributed by atoms with Crippen molar-refractivity contribution in [3.05, 3.63) is 24.7 Å². The van der Waals surface area contributed by atoms with Crippen molar-refractivity contribution in [2.45, 2.75) is 19.9 Å². The van der Waals surface area contributed by atoms with Crippen LogP contribution in [0.2, 0.25) is 0 Å². The summed E-state index contributed by atoms with van der Waals surface area (Å²) >= 11 is 0. The van der Waals surface area contributed by atoms with Gasteiger partial charge in [-0.05, 0) is 12.5 Å². The van der Waals surface area contributed by atoms with Crippen molar-refractivity contribution in [3.8, 4) is 0 Å². The van der Waals surface area contributed by atoms with Gasteiger partial charge in [-0.25, -0.2) is 0 Å². The molecule has 0 saturated heterocycles. The second kappa shape index (κ2) is 6.21. The van der Waals surface area contributed by atoms with Gasteiger partial charge >= 0.3 is 0 Å². The number of fused-ring (bicyclic) bond motifs is 1. The predicted octanol–water partition coefficient (Wildman–Crippen LogP) is 1.48. The summed E-state index contributed by atoms with van der Waals surface area (Å²) in [4.78, 5) is 8.90. The number of anilines is 2. The molecule has 0 bridgehead atoms. The zero-order valence-corrected chi connectivity index (χ0v) is 11.9. The van der Waals surface area contributed by atoms with Crippen LogP contribution in [0.25, 0.3) is 11.0 Å². The lowest BCUT2D eigenvalue weighted by molar-refractivity contribution is 0.637. The van der Waals surface area contributed by atoms with Crippen LogP contribution in [0.4, 0.5) is 11.8 Å². The molecular weight excluding hydrogens is 268 g/mol. The van der Waals surface area contributed by atoms with Crippen LogP contribution >= 0.6 is 0 Å². The number of H-pyrrole nitrogens is 1. The molecule has 0 spiro atoms. The minimum atomic E-state index is 0.607. The molecule has 0 fully saturated rings. The summed E-state index contributed by atoms with van der Waals surface area (Å²) in [6, 6.07) is 1.91. The normalized spacial score (nSPS) is 10.9. The Morgan fingerprint density at radius 2 is 2.19 bits per heavy atom. The molecule has 0 aliphatic rings. The fourth-order valence-electron chi connectivity index (χ4n) is 2.01. The first-order valence-corrected chi connectivity index (χ1v) is 7.03. The van der Waals surface area contributed by atoms with E-state index >= 15 is 0 Å². The van der Waals surface area contributed by atoms with Crippen LogP contribution in [0.3, 0.4) is 0 Å². The standard InChI is InChI=1S/C13H18N8/c1-2-4-15-13-18-11(10-9-16-20-12(10)19-13)14-6-8-21-7-3-5-17-21/h3,5,7,9H,2,4,6,8H2,1H3,(H3,14,15,16,18,19,20). The van der Waals surface area contributed by atoms with Crippen molar-refractivity contribution in [2.24, 2.45) is 0 Å². The van der Waals surface area contributed by atoms with Gasteiger partial charge in [-0.15, -0.1) is 0 Å². The molecule has 3 aromatic rings. The van der Waals surface area contributed by atoms with E-state index in [1.807, 2.05) is 16.9 Å². The fraction of sp³-hybridized carbons (Fsp3) is 0.385. The van der Waals surface area contributed by atoms with E-state index in [0.29, 0.717) is 5.95 Å². The largest absolute Gasteiger partial charge is 0.367 e. The number of aromatic amines is 1. The summed E-state index contributed by atoms with van der Waals surface area (Å²) in [6.45, 7) is 4.44. The molecule has 110 valence electrons. The summed E-state index contributed by atoms with van der Waals surface area (Å²) in [7, 11) is 0. The number of aromatic nitrogens is 6. The van der Waals surface area contributed by atoms with E-state index in [0.717, 1.165) is 42.9 Å². The molecule has 0 amide bonds. The highest BCUT2D eigenvalue weighted by molar-refractivity contribution is 5.86. The topological polar surface area (TPSA) is 96.3 Å². The Kier molecular flexibility index (Phi) is 3.95. The Morgan fingerprint density at radius 1 is 1.24 bits per heavy atom. The molecule has 8 nitrogen and oxygen atoms in total. The molecule has 0 aliphatic heterocycles. The van der Waals surface area contributed by atoms with E-state index < -0.39 is 0 Å². The monoisotopic (exact) mass is 286 g/mol. The quantitative estimate of drug-likeness (QED) is 0.609. The Morgan fingerprint density at radius 3 is 3.00 bits per heavy atom. The second-order valence-corrected chi connectivity index (χ2v) is 4.65. The summed E-state index contributed by atoms with van der Waals surface area (Å²) in [6.07, 6.45) is 6.46. The summed E-state index contributed by atoms with van der Waals surface area (Å²) in [5.41, 5.74) is 0.727. The van der Waals surface area contributed by atoms with E-state index in [4.69, 9.17) is 0 Å². The highest BCUT2D eigenvalue weighted by Crippen LogP contribution is 2.19. The number of nitrogens with zero attached hydrogens (tertiary/aromatic N) is 5. The fourth-order valence-corrected chi connectivity index (χ4v) is 2.01. The molecule has 21 heavy (non-hydrogen) atoms. The third-order valence-corrected chi connectivity index (χ3v) is 3.04. The minimum absolute atomic E-state index is 0.607.